The van der Waals surface area contributed by atoms with E-state index < -0.39 is 0 Å². The monoisotopic (exact) mass is 321 g/mol. The lowest BCUT2D eigenvalue weighted by Gasteiger charge is -2.36. The number of carbonyl (C=O) groups excluding carboxylic acids is 1. The third kappa shape index (κ3) is 4.65. The number of likely N-dealkylation sites (tertiary alicyclic amines) is 1. The van der Waals surface area contributed by atoms with Crippen LogP contribution in [0, 0.1) is 11.7 Å². The molecule has 23 heavy (non-hydrogen) atoms. The van der Waals surface area contributed by atoms with Crippen molar-refractivity contribution in [3.63, 3.8) is 0 Å². The molecule has 0 spiro atoms. The van der Waals surface area contributed by atoms with Crippen molar-refractivity contribution in [2.45, 2.75) is 12.8 Å². The van der Waals surface area contributed by atoms with Gasteiger partial charge in [-0.3, -0.25) is 4.90 Å². The molecule has 0 atom stereocenters. The Balaban J connectivity index is 1.43. The van der Waals surface area contributed by atoms with Crippen molar-refractivity contribution < 1.29 is 13.9 Å². The summed E-state index contributed by atoms with van der Waals surface area (Å²) in [6, 6.07) is 5.86. The summed E-state index contributed by atoms with van der Waals surface area (Å²) in [5.41, 5.74) is 0.505. The molecule has 1 aromatic carbocycles. The van der Waals surface area contributed by atoms with Crippen LogP contribution in [0.1, 0.15) is 12.8 Å². The molecular formula is C17H24FN3O2. The summed E-state index contributed by atoms with van der Waals surface area (Å²) in [5.74, 6) is 0.304. The normalized spacial score (nSPS) is 20.5. The smallest absolute Gasteiger partial charge is 0.321 e. The molecular weight excluding hydrogens is 297 g/mol. The molecule has 0 aliphatic carbocycles. The molecule has 2 fully saturated rings. The molecule has 5 nitrogen and oxygen atoms in total. The van der Waals surface area contributed by atoms with Crippen molar-refractivity contribution in [2.75, 3.05) is 51.3 Å². The highest BCUT2D eigenvalue weighted by atomic mass is 19.1. The van der Waals surface area contributed by atoms with Gasteiger partial charge in [0, 0.05) is 38.4 Å². The van der Waals surface area contributed by atoms with Crippen molar-refractivity contribution in [3.05, 3.63) is 30.1 Å². The number of nitrogens with zero attached hydrogens (tertiary/aromatic N) is 2. The minimum absolute atomic E-state index is 0.138. The molecule has 2 aliphatic rings. The van der Waals surface area contributed by atoms with Gasteiger partial charge >= 0.3 is 6.03 Å². The first-order valence-corrected chi connectivity index (χ1v) is 8.32. The van der Waals surface area contributed by atoms with E-state index >= 15 is 0 Å². The van der Waals surface area contributed by atoms with E-state index in [0.717, 1.165) is 58.8 Å². The van der Waals surface area contributed by atoms with Crippen molar-refractivity contribution in [3.8, 4) is 0 Å². The summed E-state index contributed by atoms with van der Waals surface area (Å²) < 4.78 is 18.5. The van der Waals surface area contributed by atoms with Gasteiger partial charge in [0.1, 0.15) is 5.82 Å². The number of halogens is 1. The van der Waals surface area contributed by atoms with Gasteiger partial charge in [-0.25, -0.2) is 9.18 Å². The van der Waals surface area contributed by atoms with Crippen LogP contribution in [0.25, 0.3) is 0 Å². The number of amides is 2. The Morgan fingerprint density at radius 2 is 1.96 bits per heavy atom. The van der Waals surface area contributed by atoms with Crippen LogP contribution in [0.3, 0.4) is 0 Å². The number of hydrogen-bond acceptors (Lipinski definition) is 3. The Kier molecular flexibility index (Phi) is 5.46. The molecule has 3 rings (SSSR count). The van der Waals surface area contributed by atoms with Gasteiger partial charge in [-0.2, -0.15) is 0 Å². The molecule has 1 aromatic rings. The van der Waals surface area contributed by atoms with Crippen LogP contribution in [-0.4, -0.2) is 61.8 Å². The predicted molar refractivity (Wildman–Crippen MR) is 87.0 cm³/mol. The van der Waals surface area contributed by atoms with E-state index in [9.17, 15) is 9.18 Å². The van der Waals surface area contributed by atoms with Crippen LogP contribution in [0.4, 0.5) is 14.9 Å². The molecule has 1 N–H and O–H groups in total. The van der Waals surface area contributed by atoms with E-state index in [-0.39, 0.29) is 11.8 Å². The van der Waals surface area contributed by atoms with Crippen LogP contribution < -0.4 is 5.32 Å². The number of rotatable bonds is 3. The van der Waals surface area contributed by atoms with Gasteiger partial charge in [0.05, 0.1) is 13.2 Å². The number of carbonyl (C=O) groups is 1. The molecule has 2 heterocycles. The molecule has 0 aromatic heterocycles. The number of morpholine rings is 1. The van der Waals surface area contributed by atoms with Gasteiger partial charge in [0.2, 0.25) is 0 Å². The second kappa shape index (κ2) is 7.75. The number of piperidine rings is 1. The first-order valence-electron chi connectivity index (χ1n) is 8.32. The number of ether oxygens (including phenoxy) is 1. The second-order valence-electron chi connectivity index (χ2n) is 6.28. The van der Waals surface area contributed by atoms with Gasteiger partial charge in [0.25, 0.3) is 0 Å². The minimum atomic E-state index is -0.341. The van der Waals surface area contributed by atoms with Gasteiger partial charge < -0.3 is 15.0 Å². The number of urea groups is 1. The van der Waals surface area contributed by atoms with Crippen LogP contribution in [0.2, 0.25) is 0 Å². The highest BCUT2D eigenvalue weighted by Crippen LogP contribution is 2.20. The van der Waals surface area contributed by atoms with E-state index in [2.05, 4.69) is 10.2 Å². The Labute approximate surface area is 136 Å². The Morgan fingerprint density at radius 3 is 2.65 bits per heavy atom. The molecule has 126 valence electrons. The number of benzene rings is 1. The van der Waals surface area contributed by atoms with Crippen LogP contribution in [0.15, 0.2) is 24.3 Å². The third-order valence-electron chi connectivity index (χ3n) is 4.60. The zero-order valence-electron chi connectivity index (χ0n) is 13.3. The lowest BCUT2D eigenvalue weighted by Crippen LogP contribution is -2.45. The third-order valence-corrected chi connectivity index (χ3v) is 4.60. The quantitative estimate of drug-likeness (QED) is 0.930. The van der Waals surface area contributed by atoms with Crippen molar-refractivity contribution >= 4 is 11.7 Å². The van der Waals surface area contributed by atoms with Crippen molar-refractivity contribution in [1.82, 2.24) is 9.80 Å². The molecule has 0 unspecified atom stereocenters. The second-order valence-corrected chi connectivity index (χ2v) is 6.28. The van der Waals surface area contributed by atoms with E-state index in [1.54, 1.807) is 12.1 Å². The SMILES string of the molecule is O=C(Nc1cccc(F)c1)N1CCC(CN2CCOCC2)CC1. The van der Waals surface area contributed by atoms with Gasteiger partial charge in [0.15, 0.2) is 0 Å². The Hall–Kier alpha value is -1.66. The van der Waals surface area contributed by atoms with Gasteiger partial charge in [-0.15, -0.1) is 0 Å². The average Bonchev–Trinajstić information content (AvgIpc) is 2.56. The van der Waals surface area contributed by atoms with E-state index in [4.69, 9.17) is 4.74 Å². The maximum atomic E-state index is 13.2. The van der Waals surface area contributed by atoms with Crippen molar-refractivity contribution in [1.29, 1.82) is 0 Å². The molecule has 2 aliphatic heterocycles. The van der Waals surface area contributed by atoms with Crippen LogP contribution in [0.5, 0.6) is 0 Å². The maximum Gasteiger partial charge on any atom is 0.321 e. The summed E-state index contributed by atoms with van der Waals surface area (Å²) in [6.07, 6.45) is 2.04. The van der Waals surface area contributed by atoms with E-state index in [1.165, 1.54) is 12.1 Å². The van der Waals surface area contributed by atoms with Gasteiger partial charge in [-0.05, 0) is 37.0 Å². The van der Waals surface area contributed by atoms with E-state index in [1.807, 2.05) is 4.90 Å². The lowest BCUT2D eigenvalue weighted by molar-refractivity contribution is 0.0260. The fraction of sp³-hybridized carbons (Fsp3) is 0.588. The van der Waals surface area contributed by atoms with Crippen LogP contribution in [-0.2, 0) is 4.74 Å². The predicted octanol–water partition coefficient (Wildman–Crippen LogP) is 2.40. The summed E-state index contributed by atoms with van der Waals surface area (Å²) in [4.78, 5) is 16.5. The molecule has 0 saturated carbocycles. The summed E-state index contributed by atoms with van der Waals surface area (Å²) in [7, 11) is 0. The van der Waals surface area contributed by atoms with E-state index in [0.29, 0.717) is 11.6 Å². The molecule has 2 saturated heterocycles. The Morgan fingerprint density at radius 1 is 1.22 bits per heavy atom. The Bertz CT molecular complexity index is 526. The molecule has 6 heteroatoms. The molecule has 2 amide bonds. The zero-order chi connectivity index (χ0) is 16.1. The molecule has 0 radical (unpaired) electrons. The summed E-state index contributed by atoms with van der Waals surface area (Å²) in [5, 5.41) is 2.77. The first kappa shape index (κ1) is 16.2. The lowest BCUT2D eigenvalue weighted by atomic mass is 9.96. The minimum Gasteiger partial charge on any atom is -0.379 e. The largest absolute Gasteiger partial charge is 0.379 e. The number of nitrogens with one attached hydrogen (secondary N) is 1. The van der Waals surface area contributed by atoms with Gasteiger partial charge in [-0.1, -0.05) is 6.07 Å². The average molecular weight is 321 g/mol. The van der Waals surface area contributed by atoms with Crippen molar-refractivity contribution in [2.24, 2.45) is 5.92 Å². The highest BCUT2D eigenvalue weighted by molar-refractivity contribution is 5.89. The summed E-state index contributed by atoms with van der Waals surface area (Å²) >= 11 is 0. The fourth-order valence-corrected chi connectivity index (χ4v) is 3.24. The standard InChI is InChI=1S/C17H24FN3O2/c18-15-2-1-3-16(12-15)19-17(22)21-6-4-14(5-7-21)13-20-8-10-23-11-9-20/h1-3,12,14H,4-11,13H2,(H,19,22). The van der Waals surface area contributed by atoms with Crippen LogP contribution >= 0.6 is 0 Å². The molecule has 0 bridgehead atoms. The number of anilines is 1. The maximum absolute atomic E-state index is 13.2. The number of hydrogen-bond donors (Lipinski definition) is 1. The summed E-state index contributed by atoms with van der Waals surface area (Å²) in [6.45, 7) is 6.30. The first-order chi connectivity index (χ1) is 11.2. The topological polar surface area (TPSA) is 44.8 Å². The highest BCUT2D eigenvalue weighted by Gasteiger charge is 2.25. The fourth-order valence-electron chi connectivity index (χ4n) is 3.24. The zero-order valence-corrected chi connectivity index (χ0v) is 13.3.